The van der Waals surface area contributed by atoms with E-state index in [1.165, 1.54) is 12.0 Å². The zero-order chi connectivity index (χ0) is 12.7. The molecule has 0 N–H and O–H groups in total. The number of hydrogen-bond acceptors (Lipinski definition) is 1. The summed E-state index contributed by atoms with van der Waals surface area (Å²) in [6.45, 7) is 6.45. The standard InChI is InChI=1S/C16H21NO/c1-11(2)14-10-15(14)12-5-3-6-13(9-12)16(18)17-7-4-8-17/h3,5-6,9,11,14-15H,4,7-8,10H2,1-2H3/t14-,15-/m1/s1. The Morgan fingerprint density at radius 1 is 1.33 bits per heavy atom. The topological polar surface area (TPSA) is 20.3 Å². The van der Waals surface area contributed by atoms with Crippen LogP contribution < -0.4 is 0 Å². The molecular weight excluding hydrogens is 222 g/mol. The van der Waals surface area contributed by atoms with Gasteiger partial charge in [0.05, 0.1) is 0 Å². The van der Waals surface area contributed by atoms with E-state index in [0.717, 1.165) is 36.9 Å². The third-order valence-electron chi connectivity index (χ3n) is 4.40. The minimum Gasteiger partial charge on any atom is -0.339 e. The van der Waals surface area contributed by atoms with Crippen LogP contribution in [0.4, 0.5) is 0 Å². The zero-order valence-electron chi connectivity index (χ0n) is 11.2. The minimum absolute atomic E-state index is 0.213. The second kappa shape index (κ2) is 4.42. The summed E-state index contributed by atoms with van der Waals surface area (Å²) in [6.07, 6.45) is 2.45. The monoisotopic (exact) mass is 243 g/mol. The Morgan fingerprint density at radius 2 is 2.11 bits per heavy atom. The van der Waals surface area contributed by atoms with E-state index in [-0.39, 0.29) is 5.91 Å². The predicted octanol–water partition coefficient (Wildman–Crippen LogP) is 3.29. The maximum Gasteiger partial charge on any atom is 0.253 e. The van der Waals surface area contributed by atoms with E-state index in [2.05, 4.69) is 26.0 Å². The molecule has 1 heterocycles. The molecule has 1 aliphatic carbocycles. The van der Waals surface area contributed by atoms with Crippen molar-refractivity contribution in [2.75, 3.05) is 13.1 Å². The summed E-state index contributed by atoms with van der Waals surface area (Å²) in [5, 5.41) is 0. The molecule has 0 radical (unpaired) electrons. The fourth-order valence-corrected chi connectivity index (χ4v) is 2.94. The van der Waals surface area contributed by atoms with Crippen molar-refractivity contribution in [3.05, 3.63) is 35.4 Å². The highest BCUT2D eigenvalue weighted by molar-refractivity contribution is 5.94. The molecule has 18 heavy (non-hydrogen) atoms. The van der Waals surface area contributed by atoms with Crippen molar-refractivity contribution in [2.24, 2.45) is 11.8 Å². The van der Waals surface area contributed by atoms with E-state index < -0.39 is 0 Å². The first-order chi connectivity index (χ1) is 8.66. The first-order valence-electron chi connectivity index (χ1n) is 7.06. The normalized spacial score (nSPS) is 26.1. The lowest BCUT2D eigenvalue weighted by Gasteiger charge is -2.31. The van der Waals surface area contributed by atoms with Gasteiger partial charge in [-0.05, 0) is 48.3 Å². The van der Waals surface area contributed by atoms with Crippen LogP contribution >= 0.6 is 0 Å². The molecule has 0 bridgehead atoms. The molecule has 2 atom stereocenters. The molecule has 1 aromatic carbocycles. The zero-order valence-corrected chi connectivity index (χ0v) is 11.2. The third kappa shape index (κ3) is 2.05. The van der Waals surface area contributed by atoms with Crippen LogP contribution in [-0.4, -0.2) is 23.9 Å². The predicted molar refractivity (Wildman–Crippen MR) is 72.6 cm³/mol. The van der Waals surface area contributed by atoms with Gasteiger partial charge in [-0.2, -0.15) is 0 Å². The number of carbonyl (C=O) groups excluding carboxylic acids is 1. The quantitative estimate of drug-likeness (QED) is 0.797. The van der Waals surface area contributed by atoms with Crippen LogP contribution in [0, 0.1) is 11.8 Å². The molecule has 1 aliphatic heterocycles. The number of benzene rings is 1. The van der Waals surface area contributed by atoms with E-state index in [1.807, 2.05) is 17.0 Å². The summed E-state index contributed by atoms with van der Waals surface area (Å²) in [4.78, 5) is 14.1. The maximum absolute atomic E-state index is 12.2. The van der Waals surface area contributed by atoms with Crippen LogP contribution in [-0.2, 0) is 0 Å². The highest BCUT2D eigenvalue weighted by atomic mass is 16.2. The van der Waals surface area contributed by atoms with Gasteiger partial charge in [0.25, 0.3) is 5.91 Å². The van der Waals surface area contributed by atoms with Gasteiger partial charge in [0, 0.05) is 18.7 Å². The van der Waals surface area contributed by atoms with Gasteiger partial charge in [-0.15, -0.1) is 0 Å². The van der Waals surface area contributed by atoms with Crippen LogP contribution in [0.15, 0.2) is 24.3 Å². The van der Waals surface area contributed by atoms with E-state index in [4.69, 9.17) is 0 Å². The lowest BCUT2D eigenvalue weighted by atomic mass is 10.0. The minimum atomic E-state index is 0.213. The molecule has 1 saturated carbocycles. The summed E-state index contributed by atoms with van der Waals surface area (Å²) >= 11 is 0. The van der Waals surface area contributed by atoms with Gasteiger partial charge in [0.1, 0.15) is 0 Å². The Morgan fingerprint density at radius 3 is 2.67 bits per heavy atom. The van der Waals surface area contributed by atoms with Crippen molar-refractivity contribution in [2.45, 2.75) is 32.6 Å². The van der Waals surface area contributed by atoms with Gasteiger partial charge >= 0.3 is 0 Å². The summed E-state index contributed by atoms with van der Waals surface area (Å²) in [7, 11) is 0. The fraction of sp³-hybridized carbons (Fsp3) is 0.562. The molecule has 0 spiro atoms. The van der Waals surface area contributed by atoms with Crippen LogP contribution in [0.3, 0.4) is 0 Å². The first kappa shape index (κ1) is 11.8. The van der Waals surface area contributed by atoms with Crippen LogP contribution in [0.1, 0.15) is 48.5 Å². The lowest BCUT2D eigenvalue weighted by Crippen LogP contribution is -2.42. The Hall–Kier alpha value is -1.31. The molecule has 3 rings (SSSR count). The van der Waals surface area contributed by atoms with Crippen molar-refractivity contribution in [1.29, 1.82) is 0 Å². The summed E-state index contributed by atoms with van der Waals surface area (Å²) < 4.78 is 0. The smallest absolute Gasteiger partial charge is 0.253 e. The van der Waals surface area contributed by atoms with Crippen molar-refractivity contribution in [3.8, 4) is 0 Å². The molecule has 2 nitrogen and oxygen atoms in total. The van der Waals surface area contributed by atoms with Crippen LogP contribution in [0.5, 0.6) is 0 Å². The maximum atomic E-state index is 12.2. The number of hydrogen-bond donors (Lipinski definition) is 0. The third-order valence-corrected chi connectivity index (χ3v) is 4.40. The second-order valence-corrected chi connectivity index (χ2v) is 6.02. The van der Waals surface area contributed by atoms with Crippen molar-refractivity contribution >= 4 is 5.91 Å². The Labute approximate surface area is 109 Å². The average Bonchev–Trinajstić information content (AvgIpc) is 3.06. The number of rotatable bonds is 3. The molecule has 2 aliphatic rings. The highest BCUT2D eigenvalue weighted by Crippen LogP contribution is 2.51. The van der Waals surface area contributed by atoms with E-state index >= 15 is 0 Å². The average molecular weight is 243 g/mol. The molecule has 1 aromatic rings. The molecule has 1 saturated heterocycles. The number of likely N-dealkylation sites (tertiary alicyclic amines) is 1. The van der Waals surface area contributed by atoms with E-state index in [1.54, 1.807) is 0 Å². The highest BCUT2D eigenvalue weighted by Gasteiger charge is 2.40. The molecular formula is C16H21NO. The van der Waals surface area contributed by atoms with E-state index in [0.29, 0.717) is 5.92 Å². The molecule has 2 heteroatoms. The van der Waals surface area contributed by atoms with Crippen molar-refractivity contribution in [3.63, 3.8) is 0 Å². The Bertz CT molecular complexity index is 462. The van der Waals surface area contributed by atoms with Gasteiger partial charge in [-0.3, -0.25) is 4.79 Å². The molecule has 2 fully saturated rings. The van der Waals surface area contributed by atoms with Crippen molar-refractivity contribution in [1.82, 2.24) is 4.90 Å². The molecule has 96 valence electrons. The van der Waals surface area contributed by atoms with Gasteiger partial charge in [-0.1, -0.05) is 26.0 Å². The van der Waals surface area contributed by atoms with Gasteiger partial charge in [-0.25, -0.2) is 0 Å². The Kier molecular flexibility index (Phi) is 2.89. The summed E-state index contributed by atoms with van der Waals surface area (Å²) in [5.74, 6) is 2.48. The van der Waals surface area contributed by atoms with Crippen LogP contribution in [0.25, 0.3) is 0 Å². The van der Waals surface area contributed by atoms with Gasteiger partial charge < -0.3 is 4.90 Å². The summed E-state index contributed by atoms with van der Waals surface area (Å²) in [6, 6.07) is 8.29. The number of nitrogens with zero attached hydrogens (tertiary/aromatic N) is 1. The van der Waals surface area contributed by atoms with Crippen LogP contribution in [0.2, 0.25) is 0 Å². The van der Waals surface area contributed by atoms with Gasteiger partial charge in [0.2, 0.25) is 0 Å². The van der Waals surface area contributed by atoms with Crippen molar-refractivity contribution < 1.29 is 4.79 Å². The second-order valence-electron chi connectivity index (χ2n) is 6.02. The largest absolute Gasteiger partial charge is 0.339 e. The lowest BCUT2D eigenvalue weighted by molar-refractivity contribution is 0.0651. The molecule has 0 unspecified atom stereocenters. The van der Waals surface area contributed by atoms with E-state index in [9.17, 15) is 4.79 Å². The Balaban J connectivity index is 1.75. The number of carbonyl (C=O) groups is 1. The molecule has 0 aromatic heterocycles. The first-order valence-corrected chi connectivity index (χ1v) is 7.06. The SMILES string of the molecule is CC(C)[C@H]1C[C@@H]1c1cccc(C(=O)N2CCC2)c1. The fourth-order valence-electron chi connectivity index (χ4n) is 2.94. The summed E-state index contributed by atoms with van der Waals surface area (Å²) in [5.41, 5.74) is 2.24. The number of amides is 1. The molecule has 1 amide bonds. The van der Waals surface area contributed by atoms with Gasteiger partial charge in [0.15, 0.2) is 0 Å².